The monoisotopic (exact) mass is 330 g/mol. The largest absolute Gasteiger partial charge is 0.481 e. The lowest BCUT2D eigenvalue weighted by Crippen LogP contribution is -2.23. The van der Waals surface area contributed by atoms with Crippen molar-refractivity contribution in [1.82, 2.24) is 0 Å². The maximum Gasteiger partial charge on any atom is 0.309 e. The third-order valence-electron chi connectivity index (χ3n) is 5.39. The summed E-state index contributed by atoms with van der Waals surface area (Å²) in [6.07, 6.45) is 13.5. The maximum absolute atomic E-state index is 11.1. The number of carboxylic acid groups (broad SMARTS) is 1. The van der Waals surface area contributed by atoms with Crippen LogP contribution in [0.4, 0.5) is 0 Å². The number of benzene rings is 1. The molecule has 2 nitrogen and oxygen atoms in total. The molecule has 1 saturated carbocycles. The van der Waals surface area contributed by atoms with Gasteiger partial charge in [-0.25, -0.2) is 0 Å². The molecular weight excluding hydrogens is 296 g/mol. The minimum absolute atomic E-state index is 0.582. The molecule has 1 aliphatic rings. The lowest BCUT2D eigenvalue weighted by molar-refractivity contribution is -0.147. The molecule has 2 rings (SSSR count). The highest BCUT2D eigenvalue weighted by atomic mass is 16.4. The third-order valence-corrected chi connectivity index (χ3v) is 5.39. The van der Waals surface area contributed by atoms with Crippen molar-refractivity contribution in [2.75, 3.05) is 0 Å². The fourth-order valence-electron chi connectivity index (χ4n) is 3.22. The van der Waals surface area contributed by atoms with Crippen molar-refractivity contribution in [1.29, 1.82) is 0 Å². The van der Waals surface area contributed by atoms with Crippen molar-refractivity contribution in [3.05, 3.63) is 35.4 Å². The molecule has 0 radical (unpaired) electrons. The van der Waals surface area contributed by atoms with Crippen molar-refractivity contribution in [2.45, 2.75) is 84.5 Å². The number of carboxylic acids is 1. The predicted octanol–water partition coefficient (Wildman–Crippen LogP) is 6.02. The second-order valence-electron chi connectivity index (χ2n) is 8.26. The van der Waals surface area contributed by atoms with Crippen molar-refractivity contribution in [3.8, 4) is 0 Å². The molecule has 0 heterocycles. The fraction of sp³-hybridized carbons (Fsp3) is 0.682. The van der Waals surface area contributed by atoms with Crippen molar-refractivity contribution in [3.63, 3.8) is 0 Å². The number of unbranched alkanes of at least 4 members (excludes halogenated alkanes) is 3. The summed E-state index contributed by atoms with van der Waals surface area (Å²) in [4.78, 5) is 11.1. The minimum Gasteiger partial charge on any atom is -0.481 e. The highest BCUT2D eigenvalue weighted by molar-refractivity contribution is 5.73. The Morgan fingerprint density at radius 2 is 1.50 bits per heavy atom. The quantitative estimate of drug-likeness (QED) is 0.476. The summed E-state index contributed by atoms with van der Waals surface area (Å²) in [5.74, 6) is 0.378. The molecule has 0 spiro atoms. The summed E-state index contributed by atoms with van der Waals surface area (Å²) in [6.45, 7) is 3.64. The van der Waals surface area contributed by atoms with Crippen LogP contribution in [-0.2, 0) is 17.6 Å². The van der Waals surface area contributed by atoms with Crippen LogP contribution in [0, 0.1) is 11.3 Å². The van der Waals surface area contributed by atoms with Gasteiger partial charge in [-0.15, -0.1) is 0 Å². The standard InChI is InChI=1S/C22H34O2/c1-22(2,21(23)24)17-7-3-4-8-18-11-13-19(14-12-18)9-5-6-10-20-15-16-20/h11-14,20H,3-10,15-17H2,1-2H3,(H,23,24). The Kier molecular flexibility index (Phi) is 7.33. The van der Waals surface area contributed by atoms with E-state index < -0.39 is 11.4 Å². The molecule has 2 heteroatoms. The number of carbonyl (C=O) groups is 1. The second-order valence-corrected chi connectivity index (χ2v) is 8.26. The van der Waals surface area contributed by atoms with Crippen LogP contribution in [0.3, 0.4) is 0 Å². The Hall–Kier alpha value is -1.31. The van der Waals surface area contributed by atoms with Gasteiger partial charge < -0.3 is 5.11 Å². The SMILES string of the molecule is CC(C)(CCCCCc1ccc(CCCCC2CC2)cc1)C(=O)O. The lowest BCUT2D eigenvalue weighted by Gasteiger charge is -2.18. The molecular formula is C22H34O2. The Balaban J connectivity index is 1.56. The predicted molar refractivity (Wildman–Crippen MR) is 100 cm³/mol. The molecule has 0 aliphatic heterocycles. The van der Waals surface area contributed by atoms with E-state index >= 15 is 0 Å². The van der Waals surface area contributed by atoms with E-state index in [1.165, 1.54) is 49.7 Å². The zero-order valence-electron chi connectivity index (χ0n) is 15.5. The van der Waals surface area contributed by atoms with E-state index in [0.29, 0.717) is 0 Å². The van der Waals surface area contributed by atoms with Gasteiger partial charge in [-0.1, -0.05) is 62.8 Å². The number of rotatable bonds is 12. The first-order valence-corrected chi connectivity index (χ1v) is 9.78. The van der Waals surface area contributed by atoms with Crippen LogP contribution in [-0.4, -0.2) is 11.1 Å². The highest BCUT2D eigenvalue weighted by Gasteiger charge is 2.25. The Labute approximate surface area is 147 Å². The van der Waals surface area contributed by atoms with Gasteiger partial charge in [-0.3, -0.25) is 4.79 Å². The first-order valence-electron chi connectivity index (χ1n) is 9.78. The van der Waals surface area contributed by atoms with E-state index in [9.17, 15) is 4.79 Å². The van der Waals surface area contributed by atoms with Crippen LogP contribution < -0.4 is 0 Å². The molecule has 0 aromatic heterocycles. The minimum atomic E-state index is -0.685. The molecule has 24 heavy (non-hydrogen) atoms. The van der Waals surface area contributed by atoms with E-state index in [1.807, 2.05) is 13.8 Å². The number of aryl methyl sites for hydroxylation is 2. The number of hydrogen-bond acceptors (Lipinski definition) is 1. The van der Waals surface area contributed by atoms with Crippen LogP contribution in [0.1, 0.15) is 82.8 Å². The van der Waals surface area contributed by atoms with Crippen LogP contribution >= 0.6 is 0 Å². The molecule has 1 aliphatic carbocycles. The van der Waals surface area contributed by atoms with E-state index in [1.54, 1.807) is 0 Å². The Morgan fingerprint density at radius 1 is 0.958 bits per heavy atom. The molecule has 0 saturated heterocycles. The number of aliphatic carboxylic acids is 1. The van der Waals surface area contributed by atoms with Gasteiger partial charge in [0.15, 0.2) is 0 Å². The molecule has 1 aromatic carbocycles. The van der Waals surface area contributed by atoms with Crippen molar-refractivity contribution < 1.29 is 9.90 Å². The van der Waals surface area contributed by atoms with Gasteiger partial charge in [-0.05, 0) is 63.0 Å². The molecule has 134 valence electrons. The van der Waals surface area contributed by atoms with Gasteiger partial charge in [-0.2, -0.15) is 0 Å². The highest BCUT2D eigenvalue weighted by Crippen LogP contribution is 2.34. The van der Waals surface area contributed by atoms with Gasteiger partial charge in [0.25, 0.3) is 0 Å². The zero-order chi connectivity index (χ0) is 17.4. The summed E-state index contributed by atoms with van der Waals surface area (Å²) in [7, 11) is 0. The van der Waals surface area contributed by atoms with Gasteiger partial charge >= 0.3 is 5.97 Å². The smallest absolute Gasteiger partial charge is 0.309 e. The van der Waals surface area contributed by atoms with Crippen LogP contribution in [0.25, 0.3) is 0 Å². The van der Waals surface area contributed by atoms with E-state index in [-0.39, 0.29) is 0 Å². The van der Waals surface area contributed by atoms with Gasteiger partial charge in [0, 0.05) is 0 Å². The van der Waals surface area contributed by atoms with Gasteiger partial charge in [0.2, 0.25) is 0 Å². The summed E-state index contributed by atoms with van der Waals surface area (Å²) < 4.78 is 0. The first-order chi connectivity index (χ1) is 11.5. The topological polar surface area (TPSA) is 37.3 Å². The number of hydrogen-bond donors (Lipinski definition) is 1. The normalized spacial score (nSPS) is 14.8. The molecule has 1 N–H and O–H groups in total. The van der Waals surface area contributed by atoms with Crippen LogP contribution in [0.2, 0.25) is 0 Å². The lowest BCUT2D eigenvalue weighted by atomic mass is 9.87. The maximum atomic E-state index is 11.1. The van der Waals surface area contributed by atoms with Crippen LogP contribution in [0.5, 0.6) is 0 Å². The average molecular weight is 331 g/mol. The summed E-state index contributed by atoms with van der Waals surface area (Å²) >= 11 is 0. The molecule has 0 amide bonds. The Morgan fingerprint density at radius 3 is 2.00 bits per heavy atom. The molecule has 1 fully saturated rings. The van der Waals surface area contributed by atoms with Gasteiger partial charge in [0.1, 0.15) is 0 Å². The third kappa shape index (κ3) is 7.07. The first kappa shape index (κ1) is 19.0. The second kappa shape index (κ2) is 9.25. The molecule has 1 aromatic rings. The van der Waals surface area contributed by atoms with Crippen LogP contribution in [0.15, 0.2) is 24.3 Å². The van der Waals surface area contributed by atoms with Gasteiger partial charge in [0.05, 0.1) is 5.41 Å². The molecule has 0 atom stereocenters. The summed E-state index contributed by atoms with van der Waals surface area (Å²) in [5.41, 5.74) is 2.30. The zero-order valence-corrected chi connectivity index (χ0v) is 15.5. The fourth-order valence-corrected chi connectivity index (χ4v) is 3.22. The Bertz CT molecular complexity index is 497. The van der Waals surface area contributed by atoms with E-state index in [0.717, 1.165) is 38.0 Å². The van der Waals surface area contributed by atoms with Crippen molar-refractivity contribution in [2.24, 2.45) is 11.3 Å². The van der Waals surface area contributed by atoms with Crippen molar-refractivity contribution >= 4 is 5.97 Å². The molecule has 0 unspecified atom stereocenters. The molecule has 0 bridgehead atoms. The summed E-state index contributed by atoms with van der Waals surface area (Å²) in [6, 6.07) is 9.13. The van der Waals surface area contributed by atoms with E-state index in [4.69, 9.17) is 5.11 Å². The average Bonchev–Trinajstić information content (AvgIpc) is 3.36. The summed E-state index contributed by atoms with van der Waals surface area (Å²) in [5, 5.41) is 9.11. The van der Waals surface area contributed by atoms with E-state index in [2.05, 4.69) is 24.3 Å².